The number of rotatable bonds is 9. The third kappa shape index (κ3) is 9.06. The highest BCUT2D eigenvalue weighted by Gasteiger charge is 2.39. The van der Waals surface area contributed by atoms with Crippen LogP contribution >= 0.6 is 0 Å². The SMILES string of the molecule is CCc1ccncc1-c1c2c3cc(ccc3n1CC)-c1cc(O)cc(c1)C[C@H](NC(=O)[C@H](C(C)C)N(C)C(=O)[C@H]1CCN(C=O)C1)C(=O)N1CCC[C@H](N1)C(=O)OCC(C)(C)C2. The maximum absolute atomic E-state index is 14.6. The predicted octanol–water partition coefficient (Wildman–Crippen LogP) is 5.27. The first-order valence-electron chi connectivity index (χ1n) is 22.0. The molecule has 5 heterocycles. The second-order valence-corrected chi connectivity index (χ2v) is 18.3. The number of amides is 4. The molecular formula is C48H61N7O7. The van der Waals surface area contributed by atoms with Crippen LogP contribution < -0.4 is 10.7 Å². The van der Waals surface area contributed by atoms with Gasteiger partial charge in [0.15, 0.2) is 0 Å². The van der Waals surface area contributed by atoms with Crippen LogP contribution in [0.4, 0.5) is 0 Å². The summed E-state index contributed by atoms with van der Waals surface area (Å²) in [6.45, 7) is 14.0. The average Bonchev–Trinajstić information content (AvgIpc) is 3.86. The Morgan fingerprint density at radius 3 is 2.58 bits per heavy atom. The lowest BCUT2D eigenvalue weighted by molar-refractivity contribution is -0.155. The number of phenolic OH excluding ortho intramolecular Hbond substituents is 1. The Hall–Kier alpha value is -5.76. The number of pyridine rings is 1. The van der Waals surface area contributed by atoms with Crippen molar-refractivity contribution >= 4 is 41.0 Å². The van der Waals surface area contributed by atoms with E-state index in [1.165, 1.54) is 15.5 Å². The number of aromatic hydroxyl groups is 1. The lowest BCUT2D eigenvalue weighted by Crippen LogP contribution is -2.62. The van der Waals surface area contributed by atoms with Gasteiger partial charge in [0.2, 0.25) is 18.2 Å². The molecule has 2 aromatic carbocycles. The molecule has 62 heavy (non-hydrogen) atoms. The summed E-state index contributed by atoms with van der Waals surface area (Å²) in [4.78, 5) is 75.5. The number of aryl methyl sites for hydroxylation is 2. The molecule has 3 aliphatic rings. The Labute approximate surface area is 363 Å². The summed E-state index contributed by atoms with van der Waals surface area (Å²) < 4.78 is 8.41. The average molecular weight is 848 g/mol. The maximum atomic E-state index is 14.6. The molecule has 4 aromatic rings. The minimum absolute atomic E-state index is 0.00544. The molecule has 0 radical (unpaired) electrons. The number of carbonyl (C=O) groups excluding carboxylic acids is 5. The number of phenols is 1. The van der Waals surface area contributed by atoms with Crippen molar-refractivity contribution in [2.45, 2.75) is 105 Å². The van der Waals surface area contributed by atoms with Crippen molar-refractivity contribution in [1.82, 2.24) is 35.1 Å². The largest absolute Gasteiger partial charge is 0.508 e. The number of aromatic nitrogens is 2. The maximum Gasteiger partial charge on any atom is 0.324 e. The number of cyclic esters (lactones) is 1. The summed E-state index contributed by atoms with van der Waals surface area (Å²) in [5.74, 6) is -2.43. The topological polar surface area (TPSA) is 166 Å². The predicted molar refractivity (Wildman–Crippen MR) is 236 cm³/mol. The highest BCUT2D eigenvalue weighted by atomic mass is 16.5. The van der Waals surface area contributed by atoms with Gasteiger partial charge in [-0.05, 0) is 103 Å². The molecule has 14 heteroatoms. The van der Waals surface area contributed by atoms with Gasteiger partial charge in [-0.2, -0.15) is 0 Å². The fourth-order valence-electron chi connectivity index (χ4n) is 9.65. The quantitative estimate of drug-likeness (QED) is 0.150. The number of carbonyl (C=O) groups is 5. The van der Waals surface area contributed by atoms with Gasteiger partial charge in [0.25, 0.3) is 5.91 Å². The fourth-order valence-corrected chi connectivity index (χ4v) is 9.65. The lowest BCUT2D eigenvalue weighted by atomic mass is 9.84. The molecule has 3 aliphatic heterocycles. The van der Waals surface area contributed by atoms with E-state index < -0.39 is 47.2 Å². The molecule has 0 spiro atoms. The number of benzene rings is 2. The van der Waals surface area contributed by atoms with Crippen molar-refractivity contribution in [3.63, 3.8) is 0 Å². The molecule has 3 N–H and O–H groups in total. The van der Waals surface area contributed by atoms with E-state index in [1.54, 1.807) is 24.1 Å². The standard InChI is InChI=1S/C48H61N7O7/c1-8-31-14-16-49-25-38(31)43-37-24-48(5,6)27-62-47(61)39-11-10-17-55(51-39)46(60)40(50-44(58)42(29(3)4)52(7)45(59)33-15-18-53(26-33)28-56)21-30-19-34(22-35(57)20-30)32-12-13-41(36(37)23-32)54(43)9-2/h12-14,16,19-20,22-23,25,28-29,33,39-40,42,51,57H,8-11,15,17-18,21,24,26-27H2,1-7H3,(H,50,58)/t33-,39-,40-,42-/m0/s1. The van der Waals surface area contributed by atoms with Gasteiger partial charge in [-0.25, -0.2) is 5.43 Å². The molecule has 4 amide bonds. The second-order valence-electron chi connectivity index (χ2n) is 18.3. The van der Waals surface area contributed by atoms with E-state index in [1.807, 2.05) is 38.4 Å². The summed E-state index contributed by atoms with van der Waals surface area (Å²) in [6, 6.07) is 10.7. The molecule has 0 saturated carbocycles. The number of likely N-dealkylation sites (N-methyl/N-ethyl adjacent to an activating group) is 1. The molecule has 4 atom stereocenters. The van der Waals surface area contributed by atoms with E-state index in [0.717, 1.165) is 51.7 Å². The Kier molecular flexibility index (Phi) is 13.1. The van der Waals surface area contributed by atoms with E-state index in [4.69, 9.17) is 4.74 Å². The normalized spacial score (nSPS) is 21.1. The zero-order chi connectivity index (χ0) is 44.5. The number of hydrogen-bond acceptors (Lipinski definition) is 9. The second kappa shape index (κ2) is 18.3. The summed E-state index contributed by atoms with van der Waals surface area (Å²) in [6.07, 6.45) is 7.40. The molecule has 2 fully saturated rings. The van der Waals surface area contributed by atoms with Crippen molar-refractivity contribution in [2.24, 2.45) is 17.3 Å². The Bertz CT molecular complexity index is 2350. The summed E-state index contributed by atoms with van der Waals surface area (Å²) in [5.41, 5.74) is 10.3. The van der Waals surface area contributed by atoms with Gasteiger partial charge in [0, 0.05) is 73.9 Å². The van der Waals surface area contributed by atoms with Gasteiger partial charge in [-0.1, -0.05) is 46.8 Å². The number of ether oxygens (including phenoxy) is 1. The van der Waals surface area contributed by atoms with Gasteiger partial charge in [0.05, 0.1) is 18.2 Å². The van der Waals surface area contributed by atoms with Gasteiger partial charge in [-0.15, -0.1) is 0 Å². The lowest BCUT2D eigenvalue weighted by Gasteiger charge is -2.37. The number of hydrogen-bond donors (Lipinski definition) is 3. The summed E-state index contributed by atoms with van der Waals surface area (Å²) in [7, 11) is 1.59. The van der Waals surface area contributed by atoms with Gasteiger partial charge < -0.3 is 29.5 Å². The minimum Gasteiger partial charge on any atom is -0.508 e. The minimum atomic E-state index is -1.14. The van der Waals surface area contributed by atoms with Crippen molar-refractivity contribution in [1.29, 1.82) is 0 Å². The molecular weight excluding hydrogens is 787 g/mol. The third-order valence-electron chi connectivity index (χ3n) is 12.8. The summed E-state index contributed by atoms with van der Waals surface area (Å²) >= 11 is 0. The monoisotopic (exact) mass is 847 g/mol. The van der Waals surface area contributed by atoms with E-state index >= 15 is 0 Å². The van der Waals surface area contributed by atoms with E-state index in [0.29, 0.717) is 50.9 Å². The number of fused-ring (bicyclic) bond motifs is 6. The van der Waals surface area contributed by atoms with Crippen LogP contribution in [0.15, 0.2) is 54.9 Å². The molecule has 14 nitrogen and oxygen atoms in total. The number of nitrogens with one attached hydrogen (secondary N) is 2. The molecule has 330 valence electrons. The van der Waals surface area contributed by atoms with Crippen molar-refractivity contribution in [3.05, 3.63) is 71.5 Å². The molecule has 0 aliphatic carbocycles. The van der Waals surface area contributed by atoms with Gasteiger partial charge in [-0.3, -0.25) is 34.0 Å². The Morgan fingerprint density at radius 1 is 1.08 bits per heavy atom. The third-order valence-corrected chi connectivity index (χ3v) is 12.8. The van der Waals surface area contributed by atoms with E-state index in [-0.39, 0.29) is 37.1 Å². The summed E-state index contributed by atoms with van der Waals surface area (Å²) in [5, 5.41) is 16.7. The smallest absolute Gasteiger partial charge is 0.324 e. The van der Waals surface area contributed by atoms with Crippen molar-refractivity contribution in [3.8, 4) is 28.1 Å². The highest BCUT2D eigenvalue weighted by molar-refractivity contribution is 5.96. The number of hydrazine groups is 1. The van der Waals surface area contributed by atoms with Crippen molar-refractivity contribution < 1.29 is 33.8 Å². The molecule has 2 aromatic heterocycles. The Balaban J connectivity index is 1.32. The van der Waals surface area contributed by atoms with Crippen LogP contribution in [0.5, 0.6) is 5.75 Å². The van der Waals surface area contributed by atoms with Crippen LogP contribution in [0.1, 0.15) is 77.5 Å². The van der Waals surface area contributed by atoms with Gasteiger partial charge in [0.1, 0.15) is 23.9 Å². The fraction of sp³-hybridized carbons (Fsp3) is 0.500. The van der Waals surface area contributed by atoms with Crippen LogP contribution in [-0.2, 0) is 54.5 Å². The van der Waals surface area contributed by atoms with Crippen LogP contribution in [-0.4, -0.2) is 111 Å². The van der Waals surface area contributed by atoms with Crippen molar-refractivity contribution in [2.75, 3.05) is 33.3 Å². The first-order valence-corrected chi connectivity index (χ1v) is 22.0. The molecule has 6 bridgehead atoms. The van der Waals surface area contributed by atoms with Crippen LogP contribution in [0, 0.1) is 17.3 Å². The first-order chi connectivity index (χ1) is 29.6. The van der Waals surface area contributed by atoms with Crippen LogP contribution in [0.2, 0.25) is 0 Å². The van der Waals surface area contributed by atoms with E-state index in [9.17, 15) is 29.1 Å². The first kappa shape index (κ1) is 44.3. The number of nitrogens with zero attached hydrogens (tertiary/aromatic N) is 5. The highest BCUT2D eigenvalue weighted by Crippen LogP contribution is 2.41. The number of esters is 1. The van der Waals surface area contributed by atoms with E-state index in [2.05, 4.69) is 66.2 Å². The zero-order valence-electron chi connectivity index (χ0n) is 37.1. The van der Waals surface area contributed by atoms with Gasteiger partial charge >= 0.3 is 5.97 Å². The van der Waals surface area contributed by atoms with Crippen LogP contribution in [0.25, 0.3) is 33.3 Å². The molecule has 7 rings (SSSR count). The molecule has 0 unspecified atom stereocenters. The molecule has 2 saturated heterocycles. The van der Waals surface area contributed by atoms with Crippen LogP contribution in [0.3, 0.4) is 0 Å². The number of likely N-dealkylation sites (tertiary alicyclic amines) is 1. The Morgan fingerprint density at radius 2 is 1.87 bits per heavy atom. The zero-order valence-corrected chi connectivity index (χ0v) is 37.1.